The minimum atomic E-state index is -4.50. The van der Waals surface area contributed by atoms with Gasteiger partial charge in [-0.15, -0.1) is 0 Å². The fraction of sp³-hybridized carbons (Fsp3) is 0.400. The average molecular weight is 370 g/mol. The van der Waals surface area contributed by atoms with Gasteiger partial charge in [0.25, 0.3) is 11.8 Å². The number of hydrogen-bond donors (Lipinski definition) is 2. The molecule has 0 saturated heterocycles. The van der Waals surface area contributed by atoms with Gasteiger partial charge >= 0.3 is 6.18 Å². The molecule has 0 aromatic carbocycles. The molecule has 2 amide bonds. The van der Waals surface area contributed by atoms with Gasteiger partial charge < -0.3 is 11.1 Å². The first-order valence-corrected chi connectivity index (χ1v) is 7.59. The number of primary amides is 1. The van der Waals surface area contributed by atoms with E-state index in [0.29, 0.717) is 0 Å². The van der Waals surface area contributed by atoms with E-state index in [0.717, 1.165) is 23.1 Å². The number of halogens is 3. The maximum absolute atomic E-state index is 13.0. The highest BCUT2D eigenvalue weighted by Gasteiger charge is 2.35. The zero-order valence-corrected chi connectivity index (χ0v) is 14.0. The second-order valence-corrected chi connectivity index (χ2v) is 5.82. The molecule has 0 aliphatic rings. The lowest BCUT2D eigenvalue weighted by atomic mass is 10.2. The number of nitrogens with zero attached hydrogens (tertiary/aromatic N) is 4. The normalized spacial score (nSPS) is 12.7. The highest BCUT2D eigenvalue weighted by atomic mass is 19.4. The lowest BCUT2D eigenvalue weighted by Crippen LogP contribution is -2.31. The smallest absolute Gasteiger partial charge is 0.364 e. The van der Waals surface area contributed by atoms with Gasteiger partial charge in [0, 0.05) is 13.1 Å². The van der Waals surface area contributed by atoms with Crippen molar-refractivity contribution in [2.45, 2.75) is 26.6 Å². The molecule has 0 aliphatic heterocycles. The van der Waals surface area contributed by atoms with Crippen molar-refractivity contribution in [2.75, 3.05) is 6.54 Å². The van der Waals surface area contributed by atoms with Crippen LogP contribution in [-0.2, 0) is 12.7 Å². The largest absolute Gasteiger partial charge is 0.433 e. The molecule has 2 aromatic heterocycles. The molecule has 1 atom stereocenters. The van der Waals surface area contributed by atoms with E-state index in [1.165, 1.54) is 6.92 Å². The maximum Gasteiger partial charge on any atom is 0.433 e. The first kappa shape index (κ1) is 19.3. The van der Waals surface area contributed by atoms with Gasteiger partial charge in [0.1, 0.15) is 17.1 Å². The molecule has 2 aromatic rings. The predicted octanol–water partition coefficient (Wildman–Crippen LogP) is 1.17. The topological polar surface area (TPSA) is 116 Å². The second-order valence-electron chi connectivity index (χ2n) is 5.82. The standard InChI is InChI=1S/C15H17F3N6O2/c1-8(7-24-12(15(16,17)18)3-9(2)23-24)4-22-14(26)11-6-20-10(5-21-11)13(19)25/h3,5-6,8H,4,7H2,1-2H3,(H2,19,25)(H,22,26). The highest BCUT2D eigenvalue weighted by Crippen LogP contribution is 2.30. The summed E-state index contributed by atoms with van der Waals surface area (Å²) in [5.41, 5.74) is 4.34. The number of nitrogens with two attached hydrogens (primary N) is 1. The van der Waals surface area contributed by atoms with Crippen LogP contribution in [0.3, 0.4) is 0 Å². The third-order valence-electron chi connectivity index (χ3n) is 3.43. The molecule has 26 heavy (non-hydrogen) atoms. The van der Waals surface area contributed by atoms with Crippen LogP contribution >= 0.6 is 0 Å². The molecule has 0 bridgehead atoms. The Morgan fingerprint density at radius 3 is 2.42 bits per heavy atom. The molecule has 8 nitrogen and oxygen atoms in total. The number of carbonyl (C=O) groups is 2. The molecule has 0 radical (unpaired) electrons. The summed E-state index contributed by atoms with van der Waals surface area (Å²) in [6.07, 6.45) is -2.33. The Labute approximate surface area is 146 Å². The van der Waals surface area contributed by atoms with E-state index >= 15 is 0 Å². The van der Waals surface area contributed by atoms with E-state index in [4.69, 9.17) is 5.73 Å². The predicted molar refractivity (Wildman–Crippen MR) is 84.0 cm³/mol. The van der Waals surface area contributed by atoms with E-state index in [1.54, 1.807) is 6.92 Å². The van der Waals surface area contributed by atoms with Crippen molar-refractivity contribution in [1.82, 2.24) is 25.1 Å². The zero-order valence-electron chi connectivity index (χ0n) is 14.0. The van der Waals surface area contributed by atoms with Crippen LogP contribution in [0.15, 0.2) is 18.5 Å². The third kappa shape index (κ3) is 4.77. The lowest BCUT2D eigenvalue weighted by Gasteiger charge is -2.15. The SMILES string of the molecule is Cc1cc(C(F)(F)F)n(CC(C)CNC(=O)c2cnc(C(N)=O)cn2)n1. The number of aryl methyl sites for hydroxylation is 1. The molecule has 2 heterocycles. The number of hydrogen-bond acceptors (Lipinski definition) is 5. The highest BCUT2D eigenvalue weighted by molar-refractivity contribution is 5.93. The van der Waals surface area contributed by atoms with Gasteiger partial charge in [-0.05, 0) is 18.9 Å². The van der Waals surface area contributed by atoms with E-state index in [-0.39, 0.29) is 36.1 Å². The number of aromatic nitrogens is 4. The summed E-state index contributed by atoms with van der Waals surface area (Å²) in [7, 11) is 0. The minimum Gasteiger partial charge on any atom is -0.364 e. The maximum atomic E-state index is 13.0. The molecule has 3 N–H and O–H groups in total. The van der Waals surface area contributed by atoms with Crippen molar-refractivity contribution in [3.05, 3.63) is 41.2 Å². The number of carbonyl (C=O) groups excluding carboxylic acids is 2. The Balaban J connectivity index is 1.95. The first-order valence-electron chi connectivity index (χ1n) is 7.59. The molecule has 11 heteroatoms. The molecule has 0 aliphatic carbocycles. The van der Waals surface area contributed by atoms with Crippen LogP contribution in [0.5, 0.6) is 0 Å². The van der Waals surface area contributed by atoms with Crippen LogP contribution < -0.4 is 11.1 Å². The summed E-state index contributed by atoms with van der Waals surface area (Å²) in [6, 6.07) is 0.973. The fourth-order valence-corrected chi connectivity index (χ4v) is 2.20. The number of nitrogens with one attached hydrogen (secondary N) is 1. The molecule has 1 unspecified atom stereocenters. The minimum absolute atomic E-state index is 0.0186. The van der Waals surface area contributed by atoms with E-state index in [2.05, 4.69) is 20.4 Å². The number of amides is 2. The Morgan fingerprint density at radius 2 is 1.88 bits per heavy atom. The van der Waals surface area contributed by atoms with Gasteiger partial charge in [-0.1, -0.05) is 6.92 Å². The van der Waals surface area contributed by atoms with Crippen LogP contribution in [-0.4, -0.2) is 38.1 Å². The zero-order chi connectivity index (χ0) is 19.5. The summed E-state index contributed by atoms with van der Waals surface area (Å²) in [6.45, 7) is 3.25. The molecule has 0 fully saturated rings. The van der Waals surface area contributed by atoms with Crippen LogP contribution in [0, 0.1) is 12.8 Å². The van der Waals surface area contributed by atoms with Crippen LogP contribution in [0.1, 0.15) is 39.3 Å². The fourth-order valence-electron chi connectivity index (χ4n) is 2.20. The Morgan fingerprint density at radius 1 is 1.27 bits per heavy atom. The van der Waals surface area contributed by atoms with Crippen molar-refractivity contribution in [2.24, 2.45) is 11.7 Å². The summed E-state index contributed by atoms with van der Waals surface area (Å²) in [5.74, 6) is -1.65. The van der Waals surface area contributed by atoms with Gasteiger partial charge in [-0.3, -0.25) is 14.3 Å². The van der Waals surface area contributed by atoms with Crippen LogP contribution in [0.25, 0.3) is 0 Å². The summed E-state index contributed by atoms with van der Waals surface area (Å²) < 4.78 is 39.8. The first-order chi connectivity index (χ1) is 12.1. The Bertz CT molecular complexity index is 801. The molecule has 2 rings (SSSR count). The van der Waals surface area contributed by atoms with E-state index < -0.39 is 23.7 Å². The summed E-state index contributed by atoms with van der Waals surface area (Å²) in [4.78, 5) is 30.4. The van der Waals surface area contributed by atoms with Crippen molar-refractivity contribution in [3.63, 3.8) is 0 Å². The quantitative estimate of drug-likeness (QED) is 0.792. The van der Waals surface area contributed by atoms with Crippen LogP contribution in [0.2, 0.25) is 0 Å². The summed E-state index contributed by atoms with van der Waals surface area (Å²) >= 11 is 0. The van der Waals surface area contributed by atoms with E-state index in [1.807, 2.05) is 0 Å². The van der Waals surface area contributed by atoms with E-state index in [9.17, 15) is 22.8 Å². The molecule has 140 valence electrons. The van der Waals surface area contributed by atoms with Gasteiger partial charge in [-0.2, -0.15) is 18.3 Å². The molecular weight excluding hydrogens is 353 g/mol. The van der Waals surface area contributed by atoms with Gasteiger partial charge in [0.15, 0.2) is 0 Å². The average Bonchev–Trinajstić information content (AvgIpc) is 2.93. The number of alkyl halides is 3. The van der Waals surface area contributed by atoms with Crippen molar-refractivity contribution >= 4 is 11.8 Å². The van der Waals surface area contributed by atoms with Gasteiger partial charge in [0.2, 0.25) is 0 Å². The second kappa shape index (κ2) is 7.50. The summed E-state index contributed by atoms with van der Waals surface area (Å²) in [5, 5.41) is 6.40. The Kier molecular flexibility index (Phi) is 5.58. The Hall–Kier alpha value is -2.98. The molecular formula is C15H17F3N6O2. The van der Waals surface area contributed by atoms with Crippen LogP contribution in [0.4, 0.5) is 13.2 Å². The lowest BCUT2D eigenvalue weighted by molar-refractivity contribution is -0.144. The monoisotopic (exact) mass is 370 g/mol. The molecule has 0 saturated carbocycles. The number of rotatable bonds is 6. The van der Waals surface area contributed by atoms with Crippen molar-refractivity contribution in [1.29, 1.82) is 0 Å². The van der Waals surface area contributed by atoms with Gasteiger partial charge in [-0.25, -0.2) is 9.97 Å². The third-order valence-corrected chi connectivity index (χ3v) is 3.43. The molecule has 0 spiro atoms. The van der Waals surface area contributed by atoms with Crippen molar-refractivity contribution in [3.8, 4) is 0 Å². The van der Waals surface area contributed by atoms with Crippen molar-refractivity contribution < 1.29 is 22.8 Å². The van der Waals surface area contributed by atoms with Gasteiger partial charge in [0.05, 0.1) is 18.1 Å².